The summed E-state index contributed by atoms with van der Waals surface area (Å²) in [6.07, 6.45) is -2.85. The molecule has 0 saturated carbocycles. The Kier molecular flexibility index (Phi) is 6.99. The number of halogens is 3. The smallest absolute Gasteiger partial charge is 0.416 e. The highest BCUT2D eigenvalue weighted by Crippen LogP contribution is 2.36. The van der Waals surface area contributed by atoms with Crippen LogP contribution in [0.5, 0.6) is 0 Å². The number of rotatable bonds is 8. The summed E-state index contributed by atoms with van der Waals surface area (Å²) in [5.74, 6) is -0.909. The zero-order valence-corrected chi connectivity index (χ0v) is 19.6. The van der Waals surface area contributed by atoms with Crippen LogP contribution in [0.2, 0.25) is 0 Å². The minimum atomic E-state index is -4.53. The number of H-pyrrole nitrogens is 1. The van der Waals surface area contributed by atoms with E-state index >= 15 is 0 Å². The van der Waals surface area contributed by atoms with Crippen molar-refractivity contribution < 1.29 is 23.1 Å². The number of alkyl halides is 3. The lowest BCUT2D eigenvalue weighted by Gasteiger charge is -2.19. The second-order valence-corrected chi connectivity index (χ2v) is 9.07. The third-order valence-electron chi connectivity index (χ3n) is 6.11. The lowest BCUT2D eigenvalue weighted by atomic mass is 9.95. The van der Waals surface area contributed by atoms with Crippen molar-refractivity contribution in [3.63, 3.8) is 0 Å². The molecular weight excluding hydrogens is 467 g/mol. The predicted molar refractivity (Wildman–Crippen MR) is 132 cm³/mol. The Balaban J connectivity index is 1.54. The number of benzene rings is 3. The van der Waals surface area contributed by atoms with Crippen LogP contribution in [0.4, 0.5) is 13.2 Å². The topological polar surface area (TPSA) is 92.0 Å². The Morgan fingerprint density at radius 1 is 0.944 bits per heavy atom. The van der Waals surface area contributed by atoms with Gasteiger partial charge < -0.3 is 15.8 Å². The minimum Gasteiger partial charge on any atom is -0.481 e. The van der Waals surface area contributed by atoms with Gasteiger partial charge in [-0.25, -0.2) is 4.98 Å². The van der Waals surface area contributed by atoms with E-state index in [9.17, 15) is 18.0 Å². The highest BCUT2D eigenvalue weighted by molar-refractivity contribution is 5.69. The second kappa shape index (κ2) is 9.99. The van der Waals surface area contributed by atoms with Crippen molar-refractivity contribution in [1.82, 2.24) is 9.97 Å². The number of aromatic nitrogens is 2. The maximum absolute atomic E-state index is 13.9. The molecule has 8 heteroatoms. The lowest BCUT2D eigenvalue weighted by molar-refractivity contribution is -0.139. The van der Waals surface area contributed by atoms with Gasteiger partial charge in [0.25, 0.3) is 0 Å². The summed E-state index contributed by atoms with van der Waals surface area (Å²) in [5.41, 5.74) is 7.95. The van der Waals surface area contributed by atoms with Crippen LogP contribution in [0.3, 0.4) is 0 Å². The van der Waals surface area contributed by atoms with Gasteiger partial charge in [0.1, 0.15) is 5.82 Å². The van der Waals surface area contributed by atoms with Gasteiger partial charge in [-0.05, 0) is 48.1 Å². The number of aryl methyl sites for hydroxylation is 2. The number of aliphatic carboxylic acids is 1. The van der Waals surface area contributed by atoms with Gasteiger partial charge in [0.15, 0.2) is 0 Å². The van der Waals surface area contributed by atoms with Crippen molar-refractivity contribution in [2.24, 2.45) is 5.73 Å². The molecule has 36 heavy (non-hydrogen) atoms. The number of carboxylic acid groups (broad SMARTS) is 1. The highest BCUT2D eigenvalue weighted by atomic mass is 19.4. The van der Waals surface area contributed by atoms with Crippen LogP contribution in [0.15, 0.2) is 79.0 Å². The van der Waals surface area contributed by atoms with E-state index in [2.05, 4.69) is 9.97 Å². The molecule has 0 spiro atoms. The summed E-state index contributed by atoms with van der Waals surface area (Å²) in [6.45, 7) is 1.50. The Hall–Kier alpha value is -3.91. The molecule has 5 nitrogen and oxygen atoms in total. The predicted octanol–water partition coefficient (Wildman–Crippen LogP) is 6.20. The molecule has 0 amide bonds. The standard InChI is InChI=1S/C28H26F3N3O2/c1-27(32,16-25(35)36)26-33-17-24(34-26)22-14-13-21(23(15-22)28(29,30)31)12-9-18-7-10-20(11-8-18)19-5-3-2-4-6-19/h2-8,10-11,13-15,17H,9,12,16,32H2,1H3,(H,33,34)(H,35,36)/t27-/m0/s1. The molecule has 1 atom stereocenters. The van der Waals surface area contributed by atoms with Gasteiger partial charge in [-0.3, -0.25) is 4.79 Å². The lowest BCUT2D eigenvalue weighted by Crippen LogP contribution is -2.36. The van der Waals surface area contributed by atoms with E-state index in [0.29, 0.717) is 17.7 Å². The quantitative estimate of drug-likeness (QED) is 0.273. The van der Waals surface area contributed by atoms with E-state index in [-0.39, 0.29) is 24.2 Å². The molecule has 0 radical (unpaired) electrons. The third kappa shape index (κ3) is 5.83. The molecule has 186 valence electrons. The fourth-order valence-corrected chi connectivity index (χ4v) is 4.16. The average Bonchev–Trinajstić information content (AvgIpc) is 3.34. The van der Waals surface area contributed by atoms with Crippen molar-refractivity contribution in [3.05, 3.63) is 102 Å². The van der Waals surface area contributed by atoms with Crippen molar-refractivity contribution in [3.8, 4) is 22.4 Å². The molecule has 1 heterocycles. The summed E-state index contributed by atoms with van der Waals surface area (Å²) in [7, 11) is 0. The summed E-state index contributed by atoms with van der Waals surface area (Å²) >= 11 is 0. The summed E-state index contributed by atoms with van der Waals surface area (Å²) in [6, 6.07) is 21.9. The maximum atomic E-state index is 13.9. The molecule has 1 aromatic heterocycles. The van der Waals surface area contributed by atoms with Crippen LogP contribution < -0.4 is 5.73 Å². The van der Waals surface area contributed by atoms with Crippen LogP contribution >= 0.6 is 0 Å². The van der Waals surface area contributed by atoms with Crippen LogP contribution in [-0.4, -0.2) is 21.0 Å². The maximum Gasteiger partial charge on any atom is 0.416 e. The summed E-state index contributed by atoms with van der Waals surface area (Å²) in [5, 5.41) is 9.04. The van der Waals surface area contributed by atoms with E-state index in [1.165, 1.54) is 19.2 Å². The Bertz CT molecular complexity index is 1340. The van der Waals surface area contributed by atoms with E-state index in [0.717, 1.165) is 22.8 Å². The number of nitrogens with one attached hydrogen (secondary N) is 1. The van der Waals surface area contributed by atoms with Gasteiger partial charge in [0.2, 0.25) is 0 Å². The number of nitrogens with two attached hydrogens (primary N) is 1. The van der Waals surface area contributed by atoms with Crippen LogP contribution in [0.25, 0.3) is 22.4 Å². The second-order valence-electron chi connectivity index (χ2n) is 9.07. The Labute approximate surface area is 206 Å². The molecule has 4 rings (SSSR count). The molecule has 0 bridgehead atoms. The van der Waals surface area contributed by atoms with E-state index < -0.39 is 23.2 Å². The molecule has 0 aliphatic rings. The van der Waals surface area contributed by atoms with Crippen LogP contribution in [0, 0.1) is 0 Å². The number of carbonyl (C=O) groups is 1. The molecule has 4 aromatic rings. The van der Waals surface area contributed by atoms with Gasteiger partial charge in [0.05, 0.1) is 29.4 Å². The Morgan fingerprint density at radius 2 is 1.58 bits per heavy atom. The number of aromatic amines is 1. The van der Waals surface area contributed by atoms with E-state index in [1.54, 1.807) is 6.07 Å². The third-order valence-corrected chi connectivity index (χ3v) is 6.11. The zero-order valence-electron chi connectivity index (χ0n) is 19.6. The number of carboxylic acids is 1. The van der Waals surface area contributed by atoms with Gasteiger partial charge in [-0.2, -0.15) is 13.2 Å². The molecule has 0 unspecified atom stereocenters. The van der Waals surface area contributed by atoms with E-state index in [1.807, 2.05) is 54.6 Å². The number of hydrogen-bond acceptors (Lipinski definition) is 3. The first kappa shape index (κ1) is 25.2. The monoisotopic (exact) mass is 493 g/mol. The van der Waals surface area contributed by atoms with Gasteiger partial charge in [-0.1, -0.05) is 66.7 Å². The molecule has 0 saturated heterocycles. The molecule has 0 aliphatic heterocycles. The number of hydrogen-bond donors (Lipinski definition) is 3. The molecule has 3 aromatic carbocycles. The fraction of sp³-hybridized carbons (Fsp3) is 0.214. The van der Waals surface area contributed by atoms with Crippen LogP contribution in [0.1, 0.15) is 35.9 Å². The van der Waals surface area contributed by atoms with Crippen molar-refractivity contribution >= 4 is 5.97 Å². The highest BCUT2D eigenvalue weighted by Gasteiger charge is 2.34. The van der Waals surface area contributed by atoms with Gasteiger partial charge in [-0.15, -0.1) is 0 Å². The average molecular weight is 494 g/mol. The van der Waals surface area contributed by atoms with E-state index in [4.69, 9.17) is 10.8 Å². The minimum absolute atomic E-state index is 0.191. The largest absolute Gasteiger partial charge is 0.481 e. The summed E-state index contributed by atoms with van der Waals surface area (Å²) in [4.78, 5) is 18.1. The summed E-state index contributed by atoms with van der Waals surface area (Å²) < 4.78 is 41.8. The molecule has 0 fully saturated rings. The number of imidazole rings is 1. The number of nitrogens with zero attached hydrogens (tertiary/aromatic N) is 1. The first-order chi connectivity index (χ1) is 17.0. The first-order valence-corrected chi connectivity index (χ1v) is 11.4. The molecule has 4 N–H and O–H groups in total. The van der Waals surface area contributed by atoms with Gasteiger partial charge in [0, 0.05) is 5.56 Å². The van der Waals surface area contributed by atoms with Gasteiger partial charge >= 0.3 is 12.1 Å². The SMILES string of the molecule is C[C@](N)(CC(=O)O)c1ncc(-c2ccc(CCc3ccc(-c4ccccc4)cc3)c(C(F)(F)F)c2)[nH]1. The Morgan fingerprint density at radius 3 is 2.22 bits per heavy atom. The fourth-order valence-electron chi connectivity index (χ4n) is 4.16. The molecule has 0 aliphatic carbocycles. The molecular formula is C28H26F3N3O2. The van der Waals surface area contributed by atoms with Crippen molar-refractivity contribution in [2.45, 2.75) is 37.9 Å². The van der Waals surface area contributed by atoms with Crippen molar-refractivity contribution in [2.75, 3.05) is 0 Å². The van der Waals surface area contributed by atoms with Crippen molar-refractivity contribution in [1.29, 1.82) is 0 Å². The zero-order chi connectivity index (χ0) is 25.9. The normalized spacial score (nSPS) is 13.4. The van der Waals surface area contributed by atoms with Crippen LogP contribution in [-0.2, 0) is 29.4 Å². The first-order valence-electron chi connectivity index (χ1n) is 11.4.